The van der Waals surface area contributed by atoms with Crippen LogP contribution < -0.4 is 5.32 Å². The van der Waals surface area contributed by atoms with E-state index in [1.807, 2.05) is 35.1 Å². The Morgan fingerprint density at radius 1 is 1.17 bits per heavy atom. The van der Waals surface area contributed by atoms with E-state index in [2.05, 4.69) is 26.4 Å². The van der Waals surface area contributed by atoms with E-state index in [9.17, 15) is 5.11 Å². The molecule has 0 unspecified atom stereocenters. The molecule has 2 N–H and O–H groups in total. The van der Waals surface area contributed by atoms with Crippen LogP contribution in [0.2, 0.25) is 0 Å². The summed E-state index contributed by atoms with van der Waals surface area (Å²) in [7, 11) is 0. The van der Waals surface area contributed by atoms with Gasteiger partial charge in [0.1, 0.15) is 11.5 Å². The van der Waals surface area contributed by atoms with Crippen molar-refractivity contribution in [1.82, 2.24) is 14.4 Å². The molecule has 1 aliphatic heterocycles. The molecule has 0 saturated carbocycles. The summed E-state index contributed by atoms with van der Waals surface area (Å²) >= 11 is 0. The van der Waals surface area contributed by atoms with Crippen molar-refractivity contribution in [3.8, 4) is 0 Å². The number of nitrogens with zero attached hydrogens (tertiary/aromatic N) is 4. The quantitative estimate of drug-likeness (QED) is 0.776. The van der Waals surface area contributed by atoms with E-state index >= 15 is 0 Å². The molecule has 0 radical (unpaired) electrons. The number of nitrogens with one attached hydrogen (secondary N) is 1. The highest BCUT2D eigenvalue weighted by atomic mass is 16.3. The standard InChI is InChI=1S/C17H15N5O/c23-11-12-3-6-19-15(7-12)20-16-10-22-9-14(1-2-17(22)21-16)13-4-5-18-8-13/h1-4,6-10,23H,5,11H2,(H,19,20). The first-order valence-electron chi connectivity index (χ1n) is 7.34. The van der Waals surface area contributed by atoms with Crippen molar-refractivity contribution in [1.29, 1.82) is 0 Å². The first kappa shape index (κ1) is 13.7. The predicted octanol–water partition coefficient (Wildman–Crippen LogP) is 2.43. The number of hydrogen-bond acceptors (Lipinski definition) is 5. The molecular weight excluding hydrogens is 290 g/mol. The average molecular weight is 305 g/mol. The van der Waals surface area contributed by atoms with Crippen LogP contribution in [0.5, 0.6) is 0 Å². The fraction of sp³-hybridized carbons (Fsp3) is 0.118. The summed E-state index contributed by atoms with van der Waals surface area (Å²) in [5.74, 6) is 1.37. The van der Waals surface area contributed by atoms with Crippen molar-refractivity contribution in [2.45, 2.75) is 6.61 Å². The molecule has 1 aliphatic rings. The fourth-order valence-electron chi connectivity index (χ4n) is 2.54. The first-order chi connectivity index (χ1) is 11.3. The Bertz CT molecular complexity index is 926. The molecule has 4 heterocycles. The van der Waals surface area contributed by atoms with Gasteiger partial charge in [-0.3, -0.25) is 4.99 Å². The Hall–Kier alpha value is -2.99. The van der Waals surface area contributed by atoms with Gasteiger partial charge in [-0.05, 0) is 41.0 Å². The number of aliphatic hydroxyl groups is 1. The summed E-state index contributed by atoms with van der Waals surface area (Å²) in [5.41, 5.74) is 3.90. The highest BCUT2D eigenvalue weighted by molar-refractivity contribution is 6.11. The van der Waals surface area contributed by atoms with E-state index in [1.165, 1.54) is 0 Å². The third-order valence-electron chi connectivity index (χ3n) is 3.69. The van der Waals surface area contributed by atoms with E-state index in [0.29, 0.717) is 11.6 Å². The molecule has 0 saturated heterocycles. The second-order valence-corrected chi connectivity index (χ2v) is 5.30. The summed E-state index contributed by atoms with van der Waals surface area (Å²) in [6.45, 7) is 0.735. The Labute approximate surface area is 132 Å². The lowest BCUT2D eigenvalue weighted by Gasteiger charge is -2.02. The minimum absolute atomic E-state index is 0.0115. The van der Waals surface area contributed by atoms with Crippen LogP contribution in [0.1, 0.15) is 11.1 Å². The molecule has 3 aromatic rings. The largest absolute Gasteiger partial charge is 0.392 e. The number of rotatable bonds is 4. The van der Waals surface area contributed by atoms with Crippen LogP contribution in [0.25, 0.3) is 11.2 Å². The molecule has 4 rings (SSSR count). The summed E-state index contributed by atoms with van der Waals surface area (Å²) in [6.07, 6.45) is 9.60. The number of pyridine rings is 2. The zero-order valence-corrected chi connectivity index (χ0v) is 12.3. The van der Waals surface area contributed by atoms with Crippen molar-refractivity contribution in [2.24, 2.45) is 4.99 Å². The Morgan fingerprint density at radius 2 is 2.13 bits per heavy atom. The van der Waals surface area contributed by atoms with E-state index in [-0.39, 0.29) is 6.61 Å². The Balaban J connectivity index is 1.64. The average Bonchev–Trinajstić information content (AvgIpc) is 3.23. The zero-order chi connectivity index (χ0) is 15.6. The molecule has 0 aliphatic carbocycles. The van der Waals surface area contributed by atoms with Gasteiger partial charge in [-0.15, -0.1) is 0 Å². The number of aliphatic imine (C=N–C) groups is 1. The smallest absolute Gasteiger partial charge is 0.150 e. The van der Waals surface area contributed by atoms with Crippen LogP contribution in [-0.2, 0) is 6.61 Å². The molecule has 0 fully saturated rings. The molecule has 0 amide bonds. The van der Waals surface area contributed by atoms with Crippen LogP contribution in [0.3, 0.4) is 0 Å². The second-order valence-electron chi connectivity index (χ2n) is 5.30. The number of aliphatic hydroxyl groups excluding tert-OH is 1. The molecule has 0 aromatic carbocycles. The van der Waals surface area contributed by atoms with Gasteiger partial charge in [0.25, 0.3) is 0 Å². The maximum atomic E-state index is 9.19. The van der Waals surface area contributed by atoms with Crippen molar-refractivity contribution in [2.75, 3.05) is 11.9 Å². The molecule has 6 nitrogen and oxygen atoms in total. The molecule has 0 bridgehead atoms. The summed E-state index contributed by atoms with van der Waals surface area (Å²) in [5, 5.41) is 12.3. The predicted molar refractivity (Wildman–Crippen MR) is 90.0 cm³/mol. The van der Waals surface area contributed by atoms with Crippen molar-refractivity contribution >= 4 is 29.1 Å². The van der Waals surface area contributed by atoms with Crippen LogP contribution in [0.15, 0.2) is 53.9 Å². The summed E-state index contributed by atoms with van der Waals surface area (Å²) in [4.78, 5) is 13.0. The molecule has 0 atom stereocenters. The molecule has 6 heteroatoms. The van der Waals surface area contributed by atoms with E-state index in [1.54, 1.807) is 18.3 Å². The van der Waals surface area contributed by atoms with Crippen LogP contribution in [-0.4, -0.2) is 32.2 Å². The number of anilines is 2. The highest BCUT2D eigenvalue weighted by Crippen LogP contribution is 2.20. The van der Waals surface area contributed by atoms with E-state index < -0.39 is 0 Å². The van der Waals surface area contributed by atoms with Crippen LogP contribution >= 0.6 is 0 Å². The highest BCUT2D eigenvalue weighted by Gasteiger charge is 2.07. The van der Waals surface area contributed by atoms with Gasteiger partial charge in [0.2, 0.25) is 0 Å². The van der Waals surface area contributed by atoms with Gasteiger partial charge < -0.3 is 14.8 Å². The number of imidazole rings is 1. The third-order valence-corrected chi connectivity index (χ3v) is 3.69. The third kappa shape index (κ3) is 2.72. The summed E-state index contributed by atoms with van der Waals surface area (Å²) in [6, 6.07) is 7.60. The zero-order valence-electron chi connectivity index (χ0n) is 12.3. The van der Waals surface area contributed by atoms with Gasteiger partial charge in [-0.2, -0.15) is 0 Å². The molecular formula is C17H15N5O. The van der Waals surface area contributed by atoms with Crippen molar-refractivity contribution < 1.29 is 5.11 Å². The Morgan fingerprint density at radius 3 is 2.96 bits per heavy atom. The minimum atomic E-state index is -0.0115. The maximum absolute atomic E-state index is 9.19. The normalized spacial score (nSPS) is 13.5. The molecule has 0 spiro atoms. The number of fused-ring (bicyclic) bond motifs is 1. The van der Waals surface area contributed by atoms with Gasteiger partial charge in [0, 0.05) is 18.6 Å². The fourth-order valence-corrected chi connectivity index (χ4v) is 2.54. The SMILES string of the molecule is OCc1ccnc(Nc2cn3cc(C4=CCN=C4)ccc3n2)c1. The number of allylic oxidation sites excluding steroid dienone is 1. The van der Waals surface area contributed by atoms with E-state index in [0.717, 1.165) is 28.9 Å². The molecule has 23 heavy (non-hydrogen) atoms. The Kier molecular flexibility index (Phi) is 3.36. The monoisotopic (exact) mass is 305 g/mol. The first-order valence-corrected chi connectivity index (χ1v) is 7.34. The minimum Gasteiger partial charge on any atom is -0.392 e. The topological polar surface area (TPSA) is 74.8 Å². The lowest BCUT2D eigenvalue weighted by atomic mass is 10.1. The second kappa shape index (κ2) is 5.66. The van der Waals surface area contributed by atoms with Gasteiger partial charge in [-0.1, -0.05) is 6.08 Å². The lowest BCUT2D eigenvalue weighted by Crippen LogP contribution is -1.95. The maximum Gasteiger partial charge on any atom is 0.150 e. The van der Waals surface area contributed by atoms with Gasteiger partial charge >= 0.3 is 0 Å². The van der Waals surface area contributed by atoms with E-state index in [4.69, 9.17) is 0 Å². The molecule has 114 valence electrons. The number of aromatic nitrogens is 3. The molecule has 3 aromatic heterocycles. The van der Waals surface area contributed by atoms with Gasteiger partial charge in [-0.25, -0.2) is 9.97 Å². The van der Waals surface area contributed by atoms with Crippen LogP contribution in [0.4, 0.5) is 11.6 Å². The van der Waals surface area contributed by atoms with Crippen LogP contribution in [0, 0.1) is 0 Å². The number of hydrogen-bond donors (Lipinski definition) is 2. The van der Waals surface area contributed by atoms with Crippen molar-refractivity contribution in [3.05, 3.63) is 60.1 Å². The lowest BCUT2D eigenvalue weighted by molar-refractivity contribution is 0.282. The van der Waals surface area contributed by atoms with Crippen molar-refractivity contribution in [3.63, 3.8) is 0 Å². The van der Waals surface area contributed by atoms with Gasteiger partial charge in [0.05, 0.1) is 19.3 Å². The summed E-state index contributed by atoms with van der Waals surface area (Å²) < 4.78 is 1.97. The van der Waals surface area contributed by atoms with Gasteiger partial charge in [0.15, 0.2) is 5.82 Å².